The molecule has 0 saturated carbocycles. The molecule has 1 rings (SSSR count). The van der Waals surface area contributed by atoms with Crippen LogP contribution in [0.1, 0.15) is 31.9 Å². The Balaban J connectivity index is 0.00000484. The van der Waals surface area contributed by atoms with Crippen LogP contribution >= 0.6 is 35.7 Å². The molecule has 0 bridgehead atoms. The number of benzene rings is 1. The molecule has 6 heteroatoms. The third kappa shape index (κ3) is 10.8. The van der Waals surface area contributed by atoms with E-state index in [2.05, 4.69) is 66.9 Å². The number of ether oxygens (including phenoxy) is 1. The Labute approximate surface area is 162 Å². The van der Waals surface area contributed by atoms with Crippen LogP contribution < -0.4 is 10.6 Å². The van der Waals surface area contributed by atoms with Crippen LogP contribution in [0.15, 0.2) is 29.3 Å². The molecule has 0 unspecified atom stereocenters. The summed E-state index contributed by atoms with van der Waals surface area (Å²) in [5.41, 5.74) is 2.31. The number of halogens is 1. The van der Waals surface area contributed by atoms with E-state index in [1.807, 2.05) is 11.8 Å². The van der Waals surface area contributed by atoms with E-state index in [1.54, 1.807) is 7.05 Å². The summed E-state index contributed by atoms with van der Waals surface area (Å²) in [5, 5.41) is 6.63. The Bertz CT molecular complexity index is 475. The molecule has 0 heterocycles. The predicted molar refractivity (Wildman–Crippen MR) is 113 cm³/mol. The fourth-order valence-corrected chi connectivity index (χ4v) is 2.11. The molecule has 0 atom stereocenters. The zero-order valence-electron chi connectivity index (χ0n) is 14.8. The van der Waals surface area contributed by atoms with Crippen LogP contribution in [0.2, 0.25) is 0 Å². The van der Waals surface area contributed by atoms with Gasteiger partial charge in [0.05, 0.1) is 12.2 Å². The Hall–Kier alpha value is -0.470. The first-order valence-corrected chi connectivity index (χ1v) is 8.99. The first kappa shape index (κ1) is 22.5. The number of thioether (sulfide) groups is 1. The average Bonchev–Trinajstić information content (AvgIpc) is 2.48. The zero-order valence-corrected chi connectivity index (χ0v) is 18.0. The highest BCUT2D eigenvalue weighted by Gasteiger charge is 2.10. The van der Waals surface area contributed by atoms with Crippen LogP contribution in [-0.2, 0) is 17.9 Å². The molecule has 1 aromatic rings. The molecule has 2 N–H and O–H groups in total. The van der Waals surface area contributed by atoms with E-state index in [1.165, 1.54) is 11.1 Å². The van der Waals surface area contributed by atoms with Crippen LogP contribution in [0, 0.1) is 0 Å². The fraction of sp³-hybridized carbons (Fsp3) is 0.588. The molecule has 132 valence electrons. The number of nitrogens with zero attached hydrogens (tertiary/aromatic N) is 1. The standard InChI is InChI=1S/C17H29N3OS.HI/c1-17(2,3)21-13-15-8-6-7-14(11-15)12-20-16(18-4)19-9-10-22-5;/h6-8,11H,9-10,12-13H2,1-5H3,(H2,18,19,20);1H. The van der Waals surface area contributed by atoms with Gasteiger partial charge >= 0.3 is 0 Å². The summed E-state index contributed by atoms with van der Waals surface area (Å²) in [5.74, 6) is 1.91. The highest BCUT2D eigenvalue weighted by Crippen LogP contribution is 2.13. The lowest BCUT2D eigenvalue weighted by Gasteiger charge is -2.19. The van der Waals surface area contributed by atoms with Crippen LogP contribution in [0.25, 0.3) is 0 Å². The molecule has 1 aromatic carbocycles. The minimum absolute atomic E-state index is 0. The van der Waals surface area contributed by atoms with E-state index in [4.69, 9.17) is 4.74 Å². The molecule has 0 aliphatic carbocycles. The maximum Gasteiger partial charge on any atom is 0.191 e. The summed E-state index contributed by atoms with van der Waals surface area (Å²) in [6, 6.07) is 8.46. The molecule has 0 aromatic heterocycles. The second kappa shape index (κ2) is 12.0. The van der Waals surface area contributed by atoms with Crippen molar-refractivity contribution in [3.63, 3.8) is 0 Å². The Kier molecular flexibility index (Phi) is 11.7. The van der Waals surface area contributed by atoms with Gasteiger partial charge in [-0.15, -0.1) is 24.0 Å². The van der Waals surface area contributed by atoms with Crippen molar-refractivity contribution >= 4 is 41.7 Å². The van der Waals surface area contributed by atoms with Crippen molar-refractivity contribution in [3.05, 3.63) is 35.4 Å². The van der Waals surface area contributed by atoms with Gasteiger partial charge in [-0.05, 0) is 38.2 Å². The van der Waals surface area contributed by atoms with E-state index >= 15 is 0 Å². The van der Waals surface area contributed by atoms with Gasteiger partial charge in [0.25, 0.3) is 0 Å². The molecule has 0 aliphatic rings. The zero-order chi connectivity index (χ0) is 16.4. The molecule has 4 nitrogen and oxygen atoms in total. The second-order valence-electron chi connectivity index (χ2n) is 6.07. The Morgan fingerprint density at radius 1 is 1.22 bits per heavy atom. The van der Waals surface area contributed by atoms with Gasteiger partial charge in [-0.1, -0.05) is 24.3 Å². The number of hydrogen-bond acceptors (Lipinski definition) is 3. The van der Waals surface area contributed by atoms with E-state index in [9.17, 15) is 0 Å². The summed E-state index contributed by atoms with van der Waals surface area (Å²) >= 11 is 1.82. The molecule has 0 fully saturated rings. The number of hydrogen-bond donors (Lipinski definition) is 2. The van der Waals surface area contributed by atoms with Crippen molar-refractivity contribution in [3.8, 4) is 0 Å². The summed E-state index contributed by atoms with van der Waals surface area (Å²) in [6.45, 7) is 8.52. The Morgan fingerprint density at radius 2 is 1.91 bits per heavy atom. The van der Waals surface area contributed by atoms with Crippen molar-refractivity contribution in [1.82, 2.24) is 10.6 Å². The molecule has 0 spiro atoms. The molecule has 23 heavy (non-hydrogen) atoms. The largest absolute Gasteiger partial charge is 0.371 e. The van der Waals surface area contributed by atoms with Gasteiger partial charge in [0.2, 0.25) is 0 Å². The first-order chi connectivity index (χ1) is 10.4. The number of guanidine groups is 1. The van der Waals surface area contributed by atoms with Crippen molar-refractivity contribution in [2.75, 3.05) is 25.6 Å². The molecule has 0 saturated heterocycles. The monoisotopic (exact) mass is 451 g/mol. The van der Waals surface area contributed by atoms with E-state index in [0.717, 1.165) is 24.8 Å². The normalized spacial score (nSPS) is 11.8. The van der Waals surface area contributed by atoms with Gasteiger partial charge in [-0.25, -0.2) is 0 Å². The van der Waals surface area contributed by atoms with Crippen molar-refractivity contribution in [2.45, 2.75) is 39.5 Å². The summed E-state index contributed by atoms with van der Waals surface area (Å²) in [4.78, 5) is 4.23. The lowest BCUT2D eigenvalue weighted by molar-refractivity contribution is -0.0149. The van der Waals surface area contributed by atoms with E-state index in [-0.39, 0.29) is 29.6 Å². The van der Waals surface area contributed by atoms with Gasteiger partial charge in [-0.2, -0.15) is 11.8 Å². The maximum absolute atomic E-state index is 5.82. The van der Waals surface area contributed by atoms with Crippen molar-refractivity contribution in [1.29, 1.82) is 0 Å². The van der Waals surface area contributed by atoms with Crippen molar-refractivity contribution in [2.24, 2.45) is 4.99 Å². The van der Waals surface area contributed by atoms with Crippen LogP contribution in [-0.4, -0.2) is 37.2 Å². The van der Waals surface area contributed by atoms with E-state index < -0.39 is 0 Å². The molecule has 0 radical (unpaired) electrons. The lowest BCUT2D eigenvalue weighted by Crippen LogP contribution is -2.37. The summed E-state index contributed by atoms with van der Waals surface area (Å²) < 4.78 is 5.82. The second-order valence-corrected chi connectivity index (χ2v) is 7.05. The third-order valence-electron chi connectivity index (χ3n) is 2.95. The molecular formula is C17H30IN3OS. The summed E-state index contributed by atoms with van der Waals surface area (Å²) in [6.07, 6.45) is 2.10. The Morgan fingerprint density at radius 3 is 2.52 bits per heavy atom. The van der Waals surface area contributed by atoms with Crippen LogP contribution in [0.5, 0.6) is 0 Å². The topological polar surface area (TPSA) is 45.7 Å². The quantitative estimate of drug-likeness (QED) is 0.288. The molecule has 0 amide bonds. The van der Waals surface area contributed by atoms with Crippen LogP contribution in [0.3, 0.4) is 0 Å². The first-order valence-electron chi connectivity index (χ1n) is 7.60. The van der Waals surface area contributed by atoms with E-state index in [0.29, 0.717) is 6.61 Å². The van der Waals surface area contributed by atoms with Gasteiger partial charge < -0.3 is 15.4 Å². The predicted octanol–water partition coefficient (Wildman–Crippen LogP) is 3.65. The average molecular weight is 451 g/mol. The maximum atomic E-state index is 5.82. The molecular weight excluding hydrogens is 421 g/mol. The minimum atomic E-state index is -0.114. The highest BCUT2D eigenvalue weighted by atomic mass is 127. The van der Waals surface area contributed by atoms with Gasteiger partial charge in [0.15, 0.2) is 5.96 Å². The minimum Gasteiger partial charge on any atom is -0.371 e. The van der Waals surface area contributed by atoms with Crippen LogP contribution in [0.4, 0.5) is 0 Å². The number of rotatable bonds is 7. The number of nitrogens with one attached hydrogen (secondary N) is 2. The smallest absolute Gasteiger partial charge is 0.191 e. The number of aliphatic imine (C=N–C) groups is 1. The third-order valence-corrected chi connectivity index (χ3v) is 3.56. The van der Waals surface area contributed by atoms with Gasteiger partial charge in [0.1, 0.15) is 0 Å². The van der Waals surface area contributed by atoms with Gasteiger partial charge in [-0.3, -0.25) is 4.99 Å². The van der Waals surface area contributed by atoms with Gasteiger partial charge in [0, 0.05) is 25.9 Å². The lowest BCUT2D eigenvalue weighted by atomic mass is 10.1. The fourth-order valence-electron chi connectivity index (χ4n) is 1.81. The highest BCUT2D eigenvalue weighted by molar-refractivity contribution is 14.0. The summed E-state index contributed by atoms with van der Waals surface area (Å²) in [7, 11) is 1.79. The SMILES string of the molecule is CN=C(NCCSC)NCc1cccc(COC(C)(C)C)c1.I. The van der Waals surface area contributed by atoms with Crippen molar-refractivity contribution < 1.29 is 4.74 Å². The molecule has 0 aliphatic heterocycles.